The van der Waals surface area contributed by atoms with Crippen LogP contribution in [-0.4, -0.2) is 41.0 Å². The lowest BCUT2D eigenvalue weighted by molar-refractivity contribution is -0.116. The smallest absolute Gasteiger partial charge is 0.266 e. The summed E-state index contributed by atoms with van der Waals surface area (Å²) in [5, 5.41) is 2.83. The molecular weight excluding hydrogens is 470 g/mol. The molecule has 0 fully saturated rings. The molecule has 0 atom stereocenters. The van der Waals surface area contributed by atoms with E-state index in [1.54, 1.807) is 54.6 Å². The molecule has 5 rings (SSSR count). The zero-order valence-corrected chi connectivity index (χ0v) is 19.0. The maximum atomic E-state index is 12.7. The lowest BCUT2D eigenvalue weighted by Gasteiger charge is -2.17. The first kappa shape index (κ1) is 22.5. The van der Waals surface area contributed by atoms with Crippen molar-refractivity contribution in [1.82, 2.24) is 4.90 Å². The van der Waals surface area contributed by atoms with Crippen LogP contribution in [0.5, 0.6) is 0 Å². The highest BCUT2D eigenvalue weighted by Gasteiger charge is 2.37. The molecule has 2 aliphatic rings. The molecule has 0 saturated heterocycles. The van der Waals surface area contributed by atoms with Gasteiger partial charge in [0.15, 0.2) is 0 Å². The average Bonchev–Trinajstić information content (AvgIpc) is 3.25. The van der Waals surface area contributed by atoms with Crippen LogP contribution in [0.4, 0.5) is 11.4 Å². The van der Waals surface area contributed by atoms with Gasteiger partial charge >= 0.3 is 0 Å². The van der Waals surface area contributed by atoms with Gasteiger partial charge < -0.3 is 5.32 Å². The summed E-state index contributed by atoms with van der Waals surface area (Å²) in [7, 11) is 0. The number of nitrogens with one attached hydrogen (secondary N) is 1. The molecule has 0 aliphatic carbocycles. The number of halogens is 1. The van der Waals surface area contributed by atoms with Crippen LogP contribution in [0.15, 0.2) is 66.7 Å². The van der Waals surface area contributed by atoms with Crippen molar-refractivity contribution in [2.45, 2.75) is 12.8 Å². The van der Waals surface area contributed by atoms with Gasteiger partial charge in [0.1, 0.15) is 0 Å². The molecule has 0 radical (unpaired) electrons. The van der Waals surface area contributed by atoms with E-state index in [9.17, 15) is 24.0 Å². The molecule has 9 heteroatoms. The molecule has 0 spiro atoms. The quantitative estimate of drug-likeness (QED) is 0.526. The molecule has 5 amide bonds. The van der Waals surface area contributed by atoms with E-state index in [-0.39, 0.29) is 47.8 Å². The van der Waals surface area contributed by atoms with Gasteiger partial charge in [-0.1, -0.05) is 35.9 Å². The number of carbonyl (C=O) groups excluding carboxylic acids is 5. The van der Waals surface area contributed by atoms with Crippen molar-refractivity contribution in [3.63, 3.8) is 0 Å². The summed E-state index contributed by atoms with van der Waals surface area (Å²) >= 11 is 6.35. The second-order valence-electron chi connectivity index (χ2n) is 8.12. The zero-order valence-electron chi connectivity index (χ0n) is 18.3. The third-order valence-electron chi connectivity index (χ3n) is 5.93. The Labute approximate surface area is 205 Å². The first-order valence-electron chi connectivity index (χ1n) is 10.9. The number of hydrogen-bond donors (Lipinski definition) is 1. The molecule has 3 aromatic carbocycles. The lowest BCUT2D eigenvalue weighted by atomic mass is 10.1. The minimum Gasteiger partial charge on any atom is -0.326 e. The Kier molecular flexibility index (Phi) is 5.66. The Balaban J connectivity index is 1.20. The maximum absolute atomic E-state index is 12.7. The number of benzene rings is 3. The van der Waals surface area contributed by atoms with Gasteiger partial charge in [-0.2, -0.15) is 0 Å². The number of anilines is 2. The Morgan fingerprint density at radius 1 is 0.743 bits per heavy atom. The van der Waals surface area contributed by atoms with Crippen LogP contribution in [0.1, 0.15) is 54.3 Å². The number of carbonyl (C=O) groups is 5. The van der Waals surface area contributed by atoms with Gasteiger partial charge in [-0.15, -0.1) is 0 Å². The van der Waals surface area contributed by atoms with Crippen LogP contribution in [0.2, 0.25) is 5.02 Å². The molecule has 8 nitrogen and oxygen atoms in total. The molecule has 2 heterocycles. The molecule has 0 unspecified atom stereocenters. The average molecular weight is 488 g/mol. The molecule has 0 aromatic heterocycles. The second kappa shape index (κ2) is 8.81. The topological polar surface area (TPSA) is 104 Å². The van der Waals surface area contributed by atoms with Crippen molar-refractivity contribution < 1.29 is 24.0 Å². The fourth-order valence-electron chi connectivity index (χ4n) is 4.24. The number of hydrogen-bond acceptors (Lipinski definition) is 5. The van der Waals surface area contributed by atoms with Gasteiger partial charge in [0, 0.05) is 18.7 Å². The Morgan fingerprint density at radius 2 is 1.26 bits per heavy atom. The number of nitrogens with zero attached hydrogens (tertiary/aromatic N) is 2. The van der Waals surface area contributed by atoms with Crippen LogP contribution < -0.4 is 10.2 Å². The van der Waals surface area contributed by atoms with Gasteiger partial charge in [0.05, 0.1) is 33.0 Å². The number of fused-ring (bicyclic) bond motifs is 2. The SMILES string of the molecule is O=C(CCCN1C(=O)c2ccccc2C1=O)Nc1ccc(N2C(=O)c3ccccc3C2=O)c(Cl)c1. The van der Waals surface area contributed by atoms with Gasteiger partial charge in [-0.25, -0.2) is 4.90 Å². The first-order valence-corrected chi connectivity index (χ1v) is 11.3. The van der Waals surface area contributed by atoms with Crippen LogP contribution in [0.25, 0.3) is 0 Å². The largest absolute Gasteiger partial charge is 0.326 e. The predicted octanol–water partition coefficient (Wildman–Crippen LogP) is 4.16. The van der Waals surface area contributed by atoms with Gasteiger partial charge in [-0.05, 0) is 48.9 Å². The van der Waals surface area contributed by atoms with Crippen LogP contribution >= 0.6 is 11.6 Å². The van der Waals surface area contributed by atoms with E-state index in [2.05, 4.69) is 5.32 Å². The Bertz CT molecular complexity index is 1360. The summed E-state index contributed by atoms with van der Waals surface area (Å²) in [6.07, 6.45) is 0.364. The first-order chi connectivity index (χ1) is 16.9. The number of rotatable bonds is 6. The summed E-state index contributed by atoms with van der Waals surface area (Å²) in [4.78, 5) is 64.8. The Hall–Kier alpha value is -4.30. The molecule has 0 saturated carbocycles. The van der Waals surface area contributed by atoms with Crippen molar-refractivity contribution in [2.75, 3.05) is 16.8 Å². The standard InChI is InChI=1S/C26H18ClN3O5/c27-20-14-15(11-12-21(20)30-25(34)18-8-3-4-9-19(18)26(30)35)28-22(31)10-5-13-29-23(32)16-6-1-2-7-17(16)24(29)33/h1-4,6-9,11-12,14H,5,10,13H2,(H,28,31). The van der Waals surface area contributed by atoms with Crippen molar-refractivity contribution in [3.05, 3.63) is 94.0 Å². The molecule has 1 N–H and O–H groups in total. The molecule has 35 heavy (non-hydrogen) atoms. The third kappa shape index (κ3) is 3.87. The molecule has 0 bridgehead atoms. The maximum Gasteiger partial charge on any atom is 0.266 e. The summed E-state index contributed by atoms with van der Waals surface area (Å²) in [5.74, 6) is -1.97. The van der Waals surface area contributed by atoms with Gasteiger partial charge in [0.2, 0.25) is 5.91 Å². The van der Waals surface area contributed by atoms with E-state index in [4.69, 9.17) is 11.6 Å². The van der Waals surface area contributed by atoms with E-state index in [0.29, 0.717) is 27.9 Å². The van der Waals surface area contributed by atoms with Crippen molar-refractivity contribution >= 4 is 52.5 Å². The fraction of sp³-hybridized carbons (Fsp3) is 0.115. The van der Waals surface area contributed by atoms with Crippen LogP contribution in [0.3, 0.4) is 0 Å². The summed E-state index contributed by atoms with van der Waals surface area (Å²) < 4.78 is 0. The predicted molar refractivity (Wildman–Crippen MR) is 129 cm³/mol. The van der Waals surface area contributed by atoms with E-state index in [0.717, 1.165) is 9.80 Å². The minimum atomic E-state index is -0.461. The van der Waals surface area contributed by atoms with E-state index in [1.807, 2.05) is 0 Å². The number of amides is 5. The fourth-order valence-corrected chi connectivity index (χ4v) is 4.50. The second-order valence-corrected chi connectivity index (χ2v) is 8.52. The molecular formula is C26H18ClN3O5. The monoisotopic (exact) mass is 487 g/mol. The van der Waals surface area contributed by atoms with Gasteiger partial charge in [0.25, 0.3) is 23.6 Å². The third-order valence-corrected chi connectivity index (χ3v) is 6.23. The molecule has 3 aromatic rings. The van der Waals surface area contributed by atoms with Crippen LogP contribution in [-0.2, 0) is 4.79 Å². The van der Waals surface area contributed by atoms with Crippen LogP contribution in [0, 0.1) is 0 Å². The van der Waals surface area contributed by atoms with E-state index >= 15 is 0 Å². The van der Waals surface area contributed by atoms with Crippen molar-refractivity contribution in [2.24, 2.45) is 0 Å². The summed E-state index contributed by atoms with van der Waals surface area (Å²) in [5.41, 5.74) is 1.97. The zero-order chi connectivity index (χ0) is 24.7. The normalized spacial score (nSPS) is 14.4. The number of imide groups is 2. The Morgan fingerprint density at radius 3 is 1.77 bits per heavy atom. The highest BCUT2D eigenvalue weighted by atomic mass is 35.5. The minimum absolute atomic E-state index is 0.0746. The molecule has 2 aliphatic heterocycles. The molecule has 174 valence electrons. The lowest BCUT2D eigenvalue weighted by Crippen LogP contribution is -2.31. The van der Waals surface area contributed by atoms with Crippen molar-refractivity contribution in [3.8, 4) is 0 Å². The van der Waals surface area contributed by atoms with E-state index < -0.39 is 11.8 Å². The van der Waals surface area contributed by atoms with Crippen molar-refractivity contribution in [1.29, 1.82) is 0 Å². The highest BCUT2D eigenvalue weighted by Crippen LogP contribution is 2.35. The summed E-state index contributed by atoms with van der Waals surface area (Å²) in [6.45, 7) is 0.124. The van der Waals surface area contributed by atoms with Gasteiger partial charge in [-0.3, -0.25) is 28.9 Å². The highest BCUT2D eigenvalue weighted by molar-refractivity contribution is 6.40. The van der Waals surface area contributed by atoms with E-state index in [1.165, 1.54) is 12.1 Å². The summed E-state index contributed by atoms with van der Waals surface area (Å²) in [6, 6.07) is 17.7.